The number of nitrogens with zero attached hydrogens (tertiary/aromatic N) is 3. The van der Waals surface area contributed by atoms with Crippen molar-refractivity contribution in [3.8, 4) is 0 Å². The zero-order chi connectivity index (χ0) is 17.1. The summed E-state index contributed by atoms with van der Waals surface area (Å²) in [4.78, 5) is 2.51. The molecule has 2 aliphatic heterocycles. The van der Waals surface area contributed by atoms with Gasteiger partial charge in [0.2, 0.25) is 0 Å². The van der Waals surface area contributed by atoms with Gasteiger partial charge in [-0.05, 0) is 43.9 Å². The van der Waals surface area contributed by atoms with Crippen LogP contribution < -0.4 is 15.5 Å². The monoisotopic (exact) mass is 339 g/mol. The van der Waals surface area contributed by atoms with E-state index in [-0.39, 0.29) is 0 Å². The van der Waals surface area contributed by atoms with Crippen molar-refractivity contribution in [2.75, 3.05) is 36.4 Å². The van der Waals surface area contributed by atoms with E-state index in [1.165, 1.54) is 43.6 Å². The van der Waals surface area contributed by atoms with Gasteiger partial charge >= 0.3 is 0 Å². The van der Waals surface area contributed by atoms with Crippen LogP contribution in [-0.2, 0) is 13.1 Å². The third-order valence-electron chi connectivity index (χ3n) is 5.32. The van der Waals surface area contributed by atoms with Crippen molar-refractivity contribution in [1.29, 1.82) is 0 Å². The zero-order valence-electron chi connectivity index (χ0n) is 15.2. The average Bonchev–Trinajstić information content (AvgIpc) is 3.02. The fourth-order valence-electron chi connectivity index (χ4n) is 3.92. The SMILES string of the molecule is Cc1cc2n(n1)CC(CNCc1ccc(N3CCCCC3)cc1)CN2. The summed E-state index contributed by atoms with van der Waals surface area (Å²) < 4.78 is 2.10. The van der Waals surface area contributed by atoms with Gasteiger partial charge in [0.1, 0.15) is 5.82 Å². The number of anilines is 2. The molecule has 134 valence electrons. The predicted octanol–water partition coefficient (Wildman–Crippen LogP) is 3.01. The molecule has 1 fully saturated rings. The highest BCUT2D eigenvalue weighted by molar-refractivity contribution is 5.47. The maximum atomic E-state index is 4.54. The van der Waals surface area contributed by atoms with Crippen LogP contribution in [0.25, 0.3) is 0 Å². The Labute approximate surface area is 150 Å². The van der Waals surface area contributed by atoms with Crippen LogP contribution in [0.4, 0.5) is 11.5 Å². The molecule has 25 heavy (non-hydrogen) atoms. The third-order valence-corrected chi connectivity index (χ3v) is 5.32. The quantitative estimate of drug-likeness (QED) is 0.879. The normalized spacial score (nSPS) is 20.2. The minimum atomic E-state index is 0.583. The van der Waals surface area contributed by atoms with E-state index >= 15 is 0 Å². The number of aromatic nitrogens is 2. The zero-order valence-corrected chi connectivity index (χ0v) is 15.2. The van der Waals surface area contributed by atoms with Gasteiger partial charge in [-0.2, -0.15) is 5.10 Å². The minimum absolute atomic E-state index is 0.583. The molecule has 0 saturated carbocycles. The largest absolute Gasteiger partial charge is 0.372 e. The molecule has 0 spiro atoms. The molecule has 2 aliphatic rings. The molecule has 3 heterocycles. The fourth-order valence-corrected chi connectivity index (χ4v) is 3.92. The number of hydrogen-bond donors (Lipinski definition) is 2. The van der Waals surface area contributed by atoms with Gasteiger partial charge in [-0.1, -0.05) is 12.1 Å². The lowest BCUT2D eigenvalue weighted by Gasteiger charge is -2.29. The van der Waals surface area contributed by atoms with Crippen LogP contribution in [0.5, 0.6) is 0 Å². The molecular weight excluding hydrogens is 310 g/mol. The molecule has 5 heteroatoms. The van der Waals surface area contributed by atoms with Crippen molar-refractivity contribution in [2.45, 2.75) is 39.3 Å². The summed E-state index contributed by atoms with van der Waals surface area (Å²) >= 11 is 0. The molecule has 0 aliphatic carbocycles. The van der Waals surface area contributed by atoms with Gasteiger partial charge in [-0.3, -0.25) is 0 Å². The number of nitrogens with one attached hydrogen (secondary N) is 2. The van der Waals surface area contributed by atoms with E-state index in [0.29, 0.717) is 5.92 Å². The molecule has 1 atom stereocenters. The first-order chi connectivity index (χ1) is 12.3. The Kier molecular flexibility index (Phi) is 4.92. The third kappa shape index (κ3) is 3.98. The number of rotatable bonds is 5. The van der Waals surface area contributed by atoms with Crippen molar-refractivity contribution < 1.29 is 0 Å². The van der Waals surface area contributed by atoms with Gasteiger partial charge in [-0.15, -0.1) is 0 Å². The second-order valence-electron chi connectivity index (χ2n) is 7.45. The minimum Gasteiger partial charge on any atom is -0.372 e. The standard InChI is InChI=1S/C20H29N5/c1-16-11-20-22-14-18(15-25(20)23-16)13-21-12-17-5-7-19(8-6-17)24-9-3-2-4-10-24/h5-8,11,18,21-22H,2-4,9-10,12-15H2,1H3. The van der Waals surface area contributed by atoms with E-state index in [9.17, 15) is 0 Å². The van der Waals surface area contributed by atoms with Gasteiger partial charge in [0.05, 0.1) is 5.69 Å². The number of piperidine rings is 1. The van der Waals surface area contributed by atoms with Gasteiger partial charge in [0.15, 0.2) is 0 Å². The van der Waals surface area contributed by atoms with Crippen LogP contribution in [-0.4, -0.2) is 36.0 Å². The molecule has 1 saturated heterocycles. The fraction of sp³-hybridized carbons (Fsp3) is 0.550. The van der Waals surface area contributed by atoms with E-state index < -0.39 is 0 Å². The Morgan fingerprint density at radius 3 is 2.76 bits per heavy atom. The first-order valence-electron chi connectivity index (χ1n) is 9.61. The van der Waals surface area contributed by atoms with Gasteiger partial charge in [-0.25, -0.2) is 4.68 Å². The summed E-state index contributed by atoms with van der Waals surface area (Å²) in [6, 6.07) is 11.2. The summed E-state index contributed by atoms with van der Waals surface area (Å²) in [5.74, 6) is 1.74. The number of hydrogen-bond acceptors (Lipinski definition) is 4. The molecular formula is C20H29N5. The number of benzene rings is 1. The summed E-state index contributed by atoms with van der Waals surface area (Å²) in [7, 11) is 0. The van der Waals surface area contributed by atoms with E-state index in [1.807, 2.05) is 6.92 Å². The number of aryl methyl sites for hydroxylation is 1. The van der Waals surface area contributed by atoms with E-state index in [4.69, 9.17) is 0 Å². The van der Waals surface area contributed by atoms with Crippen LogP contribution in [0, 0.1) is 12.8 Å². The Hall–Kier alpha value is -2.01. The average molecular weight is 339 g/mol. The molecule has 0 radical (unpaired) electrons. The molecule has 2 aromatic rings. The maximum absolute atomic E-state index is 4.54. The maximum Gasteiger partial charge on any atom is 0.124 e. The molecule has 0 amide bonds. The summed E-state index contributed by atoms with van der Waals surface area (Å²) in [6.45, 7) is 8.43. The topological polar surface area (TPSA) is 45.1 Å². The molecule has 1 unspecified atom stereocenters. The highest BCUT2D eigenvalue weighted by atomic mass is 15.3. The van der Waals surface area contributed by atoms with E-state index in [1.54, 1.807) is 0 Å². The van der Waals surface area contributed by atoms with Crippen molar-refractivity contribution in [3.05, 3.63) is 41.6 Å². The molecule has 1 aromatic heterocycles. The second kappa shape index (κ2) is 7.48. The molecule has 0 bridgehead atoms. The summed E-state index contributed by atoms with van der Waals surface area (Å²) in [5, 5.41) is 11.6. The molecule has 5 nitrogen and oxygen atoms in total. The highest BCUT2D eigenvalue weighted by Crippen LogP contribution is 2.21. The number of fused-ring (bicyclic) bond motifs is 1. The van der Waals surface area contributed by atoms with Gasteiger partial charge < -0.3 is 15.5 Å². The van der Waals surface area contributed by atoms with Crippen LogP contribution in [0.1, 0.15) is 30.5 Å². The predicted molar refractivity (Wildman–Crippen MR) is 103 cm³/mol. The Morgan fingerprint density at radius 2 is 1.96 bits per heavy atom. The van der Waals surface area contributed by atoms with Crippen molar-refractivity contribution in [3.63, 3.8) is 0 Å². The first kappa shape index (κ1) is 16.5. The van der Waals surface area contributed by atoms with Crippen molar-refractivity contribution in [2.24, 2.45) is 5.92 Å². The Balaban J connectivity index is 1.25. The molecule has 1 aromatic carbocycles. The van der Waals surface area contributed by atoms with Crippen molar-refractivity contribution >= 4 is 11.5 Å². The smallest absolute Gasteiger partial charge is 0.124 e. The van der Waals surface area contributed by atoms with Crippen LogP contribution in [0.2, 0.25) is 0 Å². The van der Waals surface area contributed by atoms with E-state index in [2.05, 4.69) is 55.6 Å². The second-order valence-corrected chi connectivity index (χ2v) is 7.45. The molecule has 2 N–H and O–H groups in total. The van der Waals surface area contributed by atoms with Crippen LogP contribution in [0.15, 0.2) is 30.3 Å². The van der Waals surface area contributed by atoms with E-state index in [0.717, 1.165) is 37.7 Å². The lowest BCUT2D eigenvalue weighted by atomic mass is 10.1. The summed E-state index contributed by atoms with van der Waals surface area (Å²) in [6.07, 6.45) is 4.04. The van der Waals surface area contributed by atoms with Gasteiger partial charge in [0.25, 0.3) is 0 Å². The first-order valence-corrected chi connectivity index (χ1v) is 9.61. The Morgan fingerprint density at radius 1 is 1.16 bits per heavy atom. The van der Waals surface area contributed by atoms with Crippen LogP contribution in [0.3, 0.4) is 0 Å². The summed E-state index contributed by atoms with van der Waals surface area (Å²) in [5.41, 5.74) is 3.83. The van der Waals surface area contributed by atoms with Crippen LogP contribution >= 0.6 is 0 Å². The Bertz CT molecular complexity index is 685. The lowest BCUT2D eigenvalue weighted by Crippen LogP contribution is -2.35. The highest BCUT2D eigenvalue weighted by Gasteiger charge is 2.18. The van der Waals surface area contributed by atoms with Gasteiger partial charge in [0, 0.05) is 56.9 Å². The van der Waals surface area contributed by atoms with Crippen molar-refractivity contribution in [1.82, 2.24) is 15.1 Å². The lowest BCUT2D eigenvalue weighted by molar-refractivity contribution is 0.390. The molecule has 4 rings (SSSR count).